The predicted molar refractivity (Wildman–Crippen MR) is 96.1 cm³/mol. The molecule has 2 heterocycles. The lowest BCUT2D eigenvalue weighted by atomic mass is 10.1. The molecule has 2 aromatic rings. The summed E-state index contributed by atoms with van der Waals surface area (Å²) in [6, 6.07) is 6.41. The summed E-state index contributed by atoms with van der Waals surface area (Å²) in [5.41, 5.74) is 2.25. The summed E-state index contributed by atoms with van der Waals surface area (Å²) in [7, 11) is 1.73. The number of piperidine rings is 1. The van der Waals surface area contributed by atoms with Crippen molar-refractivity contribution in [3.05, 3.63) is 41.3 Å². The van der Waals surface area contributed by atoms with E-state index in [9.17, 15) is 14.0 Å². The second-order valence-electron chi connectivity index (χ2n) is 6.63. The SMILES string of the molecule is Cc1cc(-c2cc(C(=O)NCC(=O)N3CCCCC3)nn2C)ccc1F. The Labute approximate surface area is 152 Å². The minimum Gasteiger partial charge on any atom is -0.342 e. The van der Waals surface area contributed by atoms with Crippen molar-refractivity contribution in [2.45, 2.75) is 26.2 Å². The zero-order valence-corrected chi connectivity index (χ0v) is 15.1. The first-order valence-electron chi connectivity index (χ1n) is 8.82. The predicted octanol–water partition coefficient (Wildman–Crippen LogP) is 2.28. The number of likely N-dealkylation sites (tertiary alicyclic amines) is 1. The van der Waals surface area contributed by atoms with Gasteiger partial charge in [-0.15, -0.1) is 0 Å². The Morgan fingerprint density at radius 2 is 1.92 bits per heavy atom. The van der Waals surface area contributed by atoms with Crippen molar-refractivity contribution in [2.24, 2.45) is 7.05 Å². The highest BCUT2D eigenvalue weighted by molar-refractivity contribution is 5.95. The van der Waals surface area contributed by atoms with Gasteiger partial charge < -0.3 is 10.2 Å². The molecule has 7 heteroatoms. The number of aryl methyl sites for hydroxylation is 2. The quantitative estimate of drug-likeness (QED) is 0.912. The van der Waals surface area contributed by atoms with Crippen molar-refractivity contribution in [2.75, 3.05) is 19.6 Å². The molecule has 1 aromatic heterocycles. The van der Waals surface area contributed by atoms with Gasteiger partial charge in [0.15, 0.2) is 5.69 Å². The largest absolute Gasteiger partial charge is 0.342 e. The number of hydrogen-bond acceptors (Lipinski definition) is 3. The summed E-state index contributed by atoms with van der Waals surface area (Å²) in [6.45, 7) is 3.17. The Hall–Kier alpha value is -2.70. The fraction of sp³-hybridized carbons (Fsp3) is 0.421. The van der Waals surface area contributed by atoms with E-state index in [1.165, 1.54) is 6.07 Å². The van der Waals surface area contributed by atoms with Crippen molar-refractivity contribution in [1.82, 2.24) is 20.0 Å². The molecule has 1 saturated heterocycles. The molecule has 138 valence electrons. The molecule has 26 heavy (non-hydrogen) atoms. The molecular weight excluding hydrogens is 335 g/mol. The summed E-state index contributed by atoms with van der Waals surface area (Å²) < 4.78 is 15.0. The molecule has 2 amide bonds. The van der Waals surface area contributed by atoms with E-state index in [0.29, 0.717) is 11.3 Å². The number of nitrogens with zero attached hydrogens (tertiary/aromatic N) is 3. The molecule has 0 saturated carbocycles. The van der Waals surface area contributed by atoms with Crippen LogP contribution in [0.1, 0.15) is 35.3 Å². The highest BCUT2D eigenvalue weighted by Crippen LogP contribution is 2.22. The van der Waals surface area contributed by atoms with E-state index in [1.54, 1.807) is 41.8 Å². The van der Waals surface area contributed by atoms with Crippen LogP contribution in [0.4, 0.5) is 4.39 Å². The fourth-order valence-corrected chi connectivity index (χ4v) is 3.15. The third-order valence-electron chi connectivity index (χ3n) is 4.68. The van der Waals surface area contributed by atoms with Gasteiger partial charge in [-0.3, -0.25) is 14.3 Å². The first-order valence-corrected chi connectivity index (χ1v) is 8.82. The number of halogens is 1. The third kappa shape index (κ3) is 3.92. The van der Waals surface area contributed by atoms with Crippen LogP contribution < -0.4 is 5.32 Å². The lowest BCUT2D eigenvalue weighted by molar-refractivity contribution is -0.130. The first kappa shape index (κ1) is 18.1. The Bertz CT molecular complexity index is 825. The second kappa shape index (κ2) is 7.68. The van der Waals surface area contributed by atoms with Crippen LogP contribution in [-0.4, -0.2) is 46.1 Å². The Morgan fingerprint density at radius 1 is 1.19 bits per heavy atom. The van der Waals surface area contributed by atoms with Crippen molar-refractivity contribution in [3.63, 3.8) is 0 Å². The average Bonchev–Trinajstić information content (AvgIpc) is 3.04. The maximum atomic E-state index is 13.5. The molecule has 1 fully saturated rings. The topological polar surface area (TPSA) is 67.2 Å². The van der Waals surface area contributed by atoms with Gasteiger partial charge in [-0.05, 0) is 56.0 Å². The lowest BCUT2D eigenvalue weighted by Gasteiger charge is -2.26. The standard InChI is InChI=1S/C19H23FN4O2/c1-13-10-14(6-7-15(13)20)17-11-16(22-23(17)2)19(26)21-12-18(25)24-8-4-3-5-9-24/h6-7,10-11H,3-5,8-9,12H2,1-2H3,(H,21,26). The third-order valence-corrected chi connectivity index (χ3v) is 4.68. The fourth-order valence-electron chi connectivity index (χ4n) is 3.15. The minimum atomic E-state index is -0.393. The number of rotatable bonds is 4. The van der Waals surface area contributed by atoms with Crippen LogP contribution >= 0.6 is 0 Å². The van der Waals surface area contributed by atoms with Crippen LogP contribution in [-0.2, 0) is 11.8 Å². The molecule has 0 unspecified atom stereocenters. The molecule has 0 spiro atoms. The number of amides is 2. The average molecular weight is 358 g/mol. The van der Waals surface area contributed by atoms with Crippen molar-refractivity contribution in [1.29, 1.82) is 0 Å². The van der Waals surface area contributed by atoms with E-state index in [1.807, 2.05) is 0 Å². The molecule has 3 rings (SSSR count). The molecule has 0 aliphatic carbocycles. The van der Waals surface area contributed by atoms with E-state index < -0.39 is 5.91 Å². The van der Waals surface area contributed by atoms with Crippen LogP contribution in [0.3, 0.4) is 0 Å². The van der Waals surface area contributed by atoms with Gasteiger partial charge in [0.1, 0.15) is 5.82 Å². The van der Waals surface area contributed by atoms with Gasteiger partial charge in [0, 0.05) is 25.7 Å². The molecule has 1 aliphatic rings. The molecule has 0 radical (unpaired) electrons. The number of aromatic nitrogens is 2. The second-order valence-corrected chi connectivity index (χ2v) is 6.63. The monoisotopic (exact) mass is 358 g/mol. The van der Waals surface area contributed by atoms with E-state index in [2.05, 4.69) is 10.4 Å². The van der Waals surface area contributed by atoms with E-state index in [-0.39, 0.29) is 24.0 Å². The molecule has 0 atom stereocenters. The van der Waals surface area contributed by atoms with Crippen molar-refractivity contribution in [3.8, 4) is 11.3 Å². The van der Waals surface area contributed by atoms with Crippen LogP contribution in [0.25, 0.3) is 11.3 Å². The van der Waals surface area contributed by atoms with Crippen LogP contribution in [0, 0.1) is 12.7 Å². The molecular formula is C19H23FN4O2. The Balaban J connectivity index is 1.66. The summed E-state index contributed by atoms with van der Waals surface area (Å²) in [4.78, 5) is 26.3. The maximum Gasteiger partial charge on any atom is 0.272 e. The minimum absolute atomic E-state index is 0.0274. The van der Waals surface area contributed by atoms with Gasteiger partial charge in [-0.25, -0.2) is 4.39 Å². The lowest BCUT2D eigenvalue weighted by Crippen LogP contribution is -2.42. The van der Waals surface area contributed by atoms with E-state index >= 15 is 0 Å². The van der Waals surface area contributed by atoms with Gasteiger partial charge in [0.25, 0.3) is 5.91 Å². The molecule has 1 aliphatic heterocycles. The smallest absolute Gasteiger partial charge is 0.272 e. The highest BCUT2D eigenvalue weighted by Gasteiger charge is 2.19. The van der Waals surface area contributed by atoms with Gasteiger partial charge in [-0.2, -0.15) is 5.10 Å². The van der Waals surface area contributed by atoms with Gasteiger partial charge in [0.05, 0.1) is 12.2 Å². The first-order chi connectivity index (χ1) is 12.5. The van der Waals surface area contributed by atoms with Crippen LogP contribution in [0.15, 0.2) is 24.3 Å². The van der Waals surface area contributed by atoms with Crippen LogP contribution in [0.2, 0.25) is 0 Å². The number of hydrogen-bond donors (Lipinski definition) is 1. The summed E-state index contributed by atoms with van der Waals surface area (Å²) in [5.74, 6) is -0.732. The van der Waals surface area contributed by atoms with E-state index in [4.69, 9.17) is 0 Å². The molecule has 0 bridgehead atoms. The van der Waals surface area contributed by atoms with Gasteiger partial charge in [0.2, 0.25) is 5.91 Å². The zero-order chi connectivity index (χ0) is 18.7. The van der Waals surface area contributed by atoms with Crippen LogP contribution in [0.5, 0.6) is 0 Å². The Kier molecular flexibility index (Phi) is 5.35. The summed E-state index contributed by atoms with van der Waals surface area (Å²) in [6.07, 6.45) is 3.18. The Morgan fingerprint density at radius 3 is 2.62 bits per heavy atom. The van der Waals surface area contributed by atoms with Crippen molar-refractivity contribution >= 4 is 11.8 Å². The number of carbonyl (C=O) groups is 2. The molecule has 1 N–H and O–H groups in total. The summed E-state index contributed by atoms with van der Waals surface area (Å²) >= 11 is 0. The normalized spacial score (nSPS) is 14.3. The van der Waals surface area contributed by atoms with E-state index in [0.717, 1.165) is 37.9 Å². The number of carbonyl (C=O) groups excluding carboxylic acids is 2. The van der Waals surface area contributed by atoms with Crippen molar-refractivity contribution < 1.29 is 14.0 Å². The maximum absolute atomic E-state index is 13.5. The number of benzene rings is 1. The summed E-state index contributed by atoms with van der Waals surface area (Å²) in [5, 5.41) is 6.86. The van der Waals surface area contributed by atoms with Gasteiger partial charge >= 0.3 is 0 Å². The zero-order valence-electron chi connectivity index (χ0n) is 15.1. The van der Waals surface area contributed by atoms with Gasteiger partial charge in [-0.1, -0.05) is 0 Å². The molecule has 1 aromatic carbocycles. The molecule has 6 nitrogen and oxygen atoms in total. The number of nitrogens with one attached hydrogen (secondary N) is 1. The highest BCUT2D eigenvalue weighted by atomic mass is 19.1.